The summed E-state index contributed by atoms with van der Waals surface area (Å²) < 4.78 is 16.5. The number of pyridine rings is 1. The smallest absolute Gasteiger partial charge is 0.256 e. The van der Waals surface area contributed by atoms with Crippen LogP contribution >= 0.6 is 11.6 Å². The molecule has 1 amide bonds. The van der Waals surface area contributed by atoms with Gasteiger partial charge in [-0.1, -0.05) is 29.3 Å². The Kier molecular flexibility index (Phi) is 5.50. The molecule has 3 N–H and O–H groups in total. The van der Waals surface area contributed by atoms with Crippen molar-refractivity contribution in [1.29, 1.82) is 5.26 Å². The van der Waals surface area contributed by atoms with E-state index in [1.807, 2.05) is 32.0 Å². The lowest BCUT2D eigenvalue weighted by molar-refractivity contribution is -0.113. The molecule has 9 heteroatoms. The van der Waals surface area contributed by atoms with Gasteiger partial charge in [0, 0.05) is 22.7 Å². The number of benzene rings is 2. The molecular formula is C26H21ClN4O4. The molecule has 0 saturated carbocycles. The number of aromatic nitrogens is 1. The first-order valence-electron chi connectivity index (χ1n) is 10.8. The van der Waals surface area contributed by atoms with Crippen molar-refractivity contribution in [2.24, 2.45) is 5.73 Å². The number of ether oxygens (including phenoxy) is 3. The molecule has 1 atom stereocenters. The number of fused-ring (bicyclic) bond motifs is 2. The molecule has 3 aromatic rings. The van der Waals surface area contributed by atoms with E-state index in [-0.39, 0.29) is 34.7 Å². The Labute approximate surface area is 206 Å². The third-order valence-corrected chi connectivity index (χ3v) is 6.38. The molecular weight excluding hydrogens is 468 g/mol. The number of nitrogens with zero attached hydrogens (tertiary/aromatic N) is 2. The van der Waals surface area contributed by atoms with E-state index in [4.69, 9.17) is 31.5 Å². The van der Waals surface area contributed by atoms with Crippen molar-refractivity contribution >= 4 is 34.1 Å². The summed E-state index contributed by atoms with van der Waals surface area (Å²) in [6, 6.07) is 13.1. The van der Waals surface area contributed by atoms with Gasteiger partial charge in [0.25, 0.3) is 5.91 Å². The first kappa shape index (κ1) is 22.6. The number of aryl methyl sites for hydroxylation is 2. The summed E-state index contributed by atoms with van der Waals surface area (Å²) in [5.74, 6) is 0.0343. The summed E-state index contributed by atoms with van der Waals surface area (Å²) in [5.41, 5.74) is 10.0. The summed E-state index contributed by atoms with van der Waals surface area (Å²) in [6.07, 6.45) is 0. The first-order valence-corrected chi connectivity index (χ1v) is 11.2. The topological polar surface area (TPSA) is 119 Å². The van der Waals surface area contributed by atoms with Gasteiger partial charge in [-0.3, -0.25) is 4.79 Å². The summed E-state index contributed by atoms with van der Waals surface area (Å²) in [4.78, 5) is 18.1. The van der Waals surface area contributed by atoms with E-state index in [1.165, 1.54) is 0 Å². The second-order valence-corrected chi connectivity index (χ2v) is 8.79. The van der Waals surface area contributed by atoms with Gasteiger partial charge in [-0.25, -0.2) is 4.98 Å². The zero-order valence-electron chi connectivity index (χ0n) is 19.2. The minimum atomic E-state index is -0.880. The maximum atomic E-state index is 13.6. The van der Waals surface area contributed by atoms with Crippen molar-refractivity contribution in [3.05, 3.63) is 81.0 Å². The van der Waals surface area contributed by atoms with Crippen LogP contribution in [0.3, 0.4) is 0 Å². The molecule has 2 aliphatic rings. The quantitative estimate of drug-likeness (QED) is 0.500. The van der Waals surface area contributed by atoms with Gasteiger partial charge in [-0.15, -0.1) is 0 Å². The van der Waals surface area contributed by atoms with Crippen LogP contribution in [0.1, 0.15) is 29.5 Å². The Bertz CT molecular complexity index is 1520. The molecule has 3 heterocycles. The Hall–Kier alpha value is -4.22. The highest BCUT2D eigenvalue weighted by atomic mass is 35.5. The number of amides is 1. The minimum Gasteiger partial charge on any atom is -0.454 e. The maximum absolute atomic E-state index is 13.6. The van der Waals surface area contributed by atoms with Gasteiger partial charge >= 0.3 is 0 Å². The number of rotatable bonds is 3. The monoisotopic (exact) mass is 488 g/mol. The van der Waals surface area contributed by atoms with Gasteiger partial charge in [0.15, 0.2) is 11.5 Å². The van der Waals surface area contributed by atoms with Crippen molar-refractivity contribution in [3.8, 4) is 17.6 Å². The predicted octanol–water partition coefficient (Wildman–Crippen LogP) is 4.95. The zero-order chi connectivity index (χ0) is 24.9. The van der Waals surface area contributed by atoms with Crippen LogP contribution in [0.4, 0.5) is 5.69 Å². The fourth-order valence-electron chi connectivity index (χ4n) is 4.39. The molecule has 0 radical (unpaired) electrons. The Morgan fingerprint density at radius 3 is 2.63 bits per heavy atom. The number of carbonyl (C=O) groups excluding carboxylic acids is 1. The molecule has 0 fully saturated rings. The number of nitriles is 1. The highest BCUT2D eigenvalue weighted by Crippen LogP contribution is 2.44. The number of halogens is 1. The average molecular weight is 489 g/mol. The number of hydrogen-bond acceptors (Lipinski definition) is 7. The van der Waals surface area contributed by atoms with Crippen molar-refractivity contribution in [1.82, 2.24) is 4.98 Å². The molecule has 2 aliphatic heterocycles. The fraction of sp³-hybridized carbons (Fsp3) is 0.192. The van der Waals surface area contributed by atoms with E-state index in [0.29, 0.717) is 33.7 Å². The molecule has 0 bridgehead atoms. The van der Waals surface area contributed by atoms with E-state index in [1.54, 1.807) is 25.1 Å². The lowest BCUT2D eigenvalue weighted by atomic mass is 9.82. The van der Waals surface area contributed by atoms with Crippen LogP contribution in [0.5, 0.6) is 11.5 Å². The van der Waals surface area contributed by atoms with E-state index < -0.39 is 11.8 Å². The van der Waals surface area contributed by atoms with Crippen molar-refractivity contribution in [2.75, 3.05) is 12.1 Å². The minimum absolute atomic E-state index is 0.0742. The molecule has 1 aromatic heterocycles. The van der Waals surface area contributed by atoms with Gasteiger partial charge in [-0.2, -0.15) is 5.26 Å². The van der Waals surface area contributed by atoms with Crippen molar-refractivity contribution in [3.63, 3.8) is 0 Å². The molecule has 5 rings (SSSR count). The van der Waals surface area contributed by atoms with Crippen LogP contribution in [0.2, 0.25) is 5.15 Å². The Balaban J connectivity index is 1.63. The Morgan fingerprint density at radius 1 is 1.17 bits per heavy atom. The normalized spacial score (nSPS) is 16.8. The van der Waals surface area contributed by atoms with E-state index in [2.05, 4.69) is 16.4 Å². The highest BCUT2D eigenvalue weighted by Gasteiger charge is 2.37. The number of hydrogen-bond donors (Lipinski definition) is 2. The number of carbonyl (C=O) groups is 1. The molecule has 35 heavy (non-hydrogen) atoms. The van der Waals surface area contributed by atoms with Crippen LogP contribution in [0.15, 0.2) is 59.2 Å². The van der Waals surface area contributed by atoms with E-state index >= 15 is 0 Å². The van der Waals surface area contributed by atoms with Gasteiger partial charge in [-0.05, 0) is 44.5 Å². The summed E-state index contributed by atoms with van der Waals surface area (Å²) >= 11 is 6.63. The van der Waals surface area contributed by atoms with Crippen LogP contribution in [0.25, 0.3) is 10.9 Å². The zero-order valence-corrected chi connectivity index (χ0v) is 20.0. The number of allylic oxidation sites excluding steroid dienone is 2. The Morgan fingerprint density at radius 2 is 1.91 bits per heavy atom. The predicted molar refractivity (Wildman–Crippen MR) is 131 cm³/mol. The third-order valence-electron chi connectivity index (χ3n) is 6.08. The largest absolute Gasteiger partial charge is 0.454 e. The van der Waals surface area contributed by atoms with E-state index in [9.17, 15) is 10.1 Å². The molecule has 2 aromatic carbocycles. The van der Waals surface area contributed by atoms with Gasteiger partial charge in [0.05, 0.1) is 17.0 Å². The number of nitrogens with one attached hydrogen (secondary N) is 1. The summed E-state index contributed by atoms with van der Waals surface area (Å²) in [6.45, 7) is 5.64. The number of anilines is 1. The SMILES string of the molecule is CC1=C(C(=O)Nc2ccc(C)cc2C)C(c2cc3cc4c(cc3nc2Cl)OCO4)C(C#N)=C(N)O1. The second kappa shape index (κ2) is 8.53. The lowest BCUT2D eigenvalue weighted by Gasteiger charge is -2.28. The van der Waals surface area contributed by atoms with Gasteiger partial charge < -0.3 is 25.3 Å². The number of nitrogens with two attached hydrogens (primary N) is 1. The third kappa shape index (κ3) is 3.90. The van der Waals surface area contributed by atoms with Crippen LogP contribution in [-0.2, 0) is 9.53 Å². The summed E-state index contributed by atoms with van der Waals surface area (Å²) in [7, 11) is 0. The lowest BCUT2D eigenvalue weighted by Crippen LogP contribution is -2.28. The highest BCUT2D eigenvalue weighted by molar-refractivity contribution is 6.31. The van der Waals surface area contributed by atoms with Crippen molar-refractivity contribution in [2.45, 2.75) is 26.7 Å². The molecule has 8 nitrogen and oxygen atoms in total. The van der Waals surface area contributed by atoms with Gasteiger partial charge in [0.2, 0.25) is 12.7 Å². The van der Waals surface area contributed by atoms with Crippen LogP contribution in [-0.4, -0.2) is 17.7 Å². The first-order chi connectivity index (χ1) is 16.8. The van der Waals surface area contributed by atoms with Crippen LogP contribution in [0, 0.1) is 25.2 Å². The van der Waals surface area contributed by atoms with Crippen LogP contribution < -0.4 is 20.5 Å². The maximum Gasteiger partial charge on any atom is 0.256 e. The average Bonchev–Trinajstić information content (AvgIpc) is 3.25. The molecule has 0 saturated heterocycles. The summed E-state index contributed by atoms with van der Waals surface area (Å²) in [5, 5.41) is 13.7. The van der Waals surface area contributed by atoms with Crippen molar-refractivity contribution < 1.29 is 19.0 Å². The molecule has 0 spiro atoms. The molecule has 1 unspecified atom stereocenters. The fourth-order valence-corrected chi connectivity index (χ4v) is 4.64. The van der Waals surface area contributed by atoms with E-state index in [0.717, 1.165) is 11.1 Å². The standard InChI is InChI=1S/C26H21ClN4O4/c1-12-4-5-18(13(2)6-12)31-26(32)22-14(3)35-25(29)17(10-28)23(22)16-7-15-8-20-21(34-11-33-20)9-19(15)30-24(16)27/h4-9,23H,11,29H2,1-3H3,(H,31,32). The van der Waals surface area contributed by atoms with Gasteiger partial charge in [0.1, 0.15) is 22.6 Å². The second-order valence-electron chi connectivity index (χ2n) is 8.43. The molecule has 0 aliphatic carbocycles. The molecule has 176 valence electrons.